The van der Waals surface area contributed by atoms with E-state index in [9.17, 15) is 12.8 Å². The molecule has 1 saturated heterocycles. The van der Waals surface area contributed by atoms with Gasteiger partial charge >= 0.3 is 0 Å². The molecule has 1 aromatic carbocycles. The number of nitrogens with zero attached hydrogens (tertiary/aromatic N) is 1. The van der Waals surface area contributed by atoms with Gasteiger partial charge in [-0.05, 0) is 49.8 Å². The average molecular weight is 332 g/mol. The SMILES string of the molecule is CSC1(CN)CCN(S(=O)(=O)c2ccc(F)cc2C)CC1. The summed E-state index contributed by atoms with van der Waals surface area (Å²) in [5.74, 6) is -0.422. The molecule has 0 aromatic heterocycles. The highest BCUT2D eigenvalue weighted by Gasteiger charge is 2.37. The zero-order valence-corrected chi connectivity index (χ0v) is 13.9. The summed E-state index contributed by atoms with van der Waals surface area (Å²) in [6.07, 6.45) is 3.50. The minimum atomic E-state index is -3.56. The van der Waals surface area contributed by atoms with E-state index in [0.717, 1.165) is 12.8 Å². The first-order valence-corrected chi connectivity index (χ1v) is 9.53. The first-order valence-electron chi connectivity index (χ1n) is 6.86. The van der Waals surface area contributed by atoms with Gasteiger partial charge in [-0.25, -0.2) is 12.8 Å². The van der Waals surface area contributed by atoms with Gasteiger partial charge in [-0.3, -0.25) is 0 Å². The molecule has 0 atom stereocenters. The number of nitrogens with two attached hydrogens (primary N) is 1. The second kappa shape index (κ2) is 6.24. The third kappa shape index (κ3) is 3.26. The Morgan fingerprint density at radius 2 is 2.00 bits per heavy atom. The second-order valence-electron chi connectivity index (χ2n) is 5.41. The molecule has 4 nitrogen and oxygen atoms in total. The van der Waals surface area contributed by atoms with E-state index < -0.39 is 15.8 Å². The largest absolute Gasteiger partial charge is 0.329 e. The van der Waals surface area contributed by atoms with Gasteiger partial charge in [-0.1, -0.05) is 0 Å². The fourth-order valence-electron chi connectivity index (χ4n) is 2.67. The number of thioether (sulfide) groups is 1. The lowest BCUT2D eigenvalue weighted by atomic mass is 9.97. The summed E-state index contributed by atoms with van der Waals surface area (Å²) in [6, 6.07) is 3.79. The fraction of sp³-hybridized carbons (Fsp3) is 0.571. The van der Waals surface area contributed by atoms with Crippen molar-refractivity contribution in [2.75, 3.05) is 25.9 Å². The van der Waals surface area contributed by atoms with E-state index in [1.165, 1.54) is 22.5 Å². The molecule has 2 N–H and O–H groups in total. The standard InChI is InChI=1S/C14H21FN2O2S2/c1-11-9-12(15)3-4-13(11)21(18,19)17-7-5-14(10-16,20-2)6-8-17/h3-4,9H,5-8,10,16H2,1-2H3. The smallest absolute Gasteiger partial charge is 0.243 e. The summed E-state index contributed by atoms with van der Waals surface area (Å²) in [5.41, 5.74) is 6.26. The Labute approximate surface area is 129 Å². The predicted molar refractivity (Wildman–Crippen MR) is 84.4 cm³/mol. The number of rotatable bonds is 4. The summed E-state index contributed by atoms with van der Waals surface area (Å²) < 4.78 is 40.0. The molecule has 118 valence electrons. The van der Waals surface area contributed by atoms with E-state index in [1.54, 1.807) is 18.7 Å². The Morgan fingerprint density at radius 1 is 1.38 bits per heavy atom. The number of benzene rings is 1. The molecule has 0 spiro atoms. The molecule has 7 heteroatoms. The van der Waals surface area contributed by atoms with Crippen LogP contribution in [0.5, 0.6) is 0 Å². The molecule has 1 aliphatic rings. The molecule has 1 aromatic rings. The molecule has 2 rings (SSSR count). The van der Waals surface area contributed by atoms with Crippen molar-refractivity contribution in [1.29, 1.82) is 0 Å². The van der Waals surface area contributed by atoms with Crippen molar-refractivity contribution in [3.63, 3.8) is 0 Å². The lowest BCUT2D eigenvalue weighted by molar-refractivity contribution is 0.301. The zero-order valence-electron chi connectivity index (χ0n) is 12.3. The number of hydrogen-bond donors (Lipinski definition) is 1. The molecule has 0 unspecified atom stereocenters. The summed E-state index contributed by atoms with van der Waals surface area (Å²) >= 11 is 1.71. The van der Waals surface area contributed by atoms with Crippen molar-refractivity contribution in [1.82, 2.24) is 4.31 Å². The van der Waals surface area contributed by atoms with Crippen LogP contribution in [0.4, 0.5) is 4.39 Å². The molecule has 21 heavy (non-hydrogen) atoms. The minimum Gasteiger partial charge on any atom is -0.329 e. The van der Waals surface area contributed by atoms with Gasteiger partial charge in [0.1, 0.15) is 5.82 Å². The summed E-state index contributed by atoms with van der Waals surface area (Å²) in [4.78, 5) is 0.188. The Morgan fingerprint density at radius 3 is 2.48 bits per heavy atom. The van der Waals surface area contributed by atoms with Crippen molar-refractivity contribution < 1.29 is 12.8 Å². The minimum absolute atomic E-state index is 0.0239. The van der Waals surface area contributed by atoms with Crippen LogP contribution in [0, 0.1) is 12.7 Å². The van der Waals surface area contributed by atoms with Gasteiger partial charge in [0.25, 0.3) is 0 Å². The van der Waals surface area contributed by atoms with Crippen LogP contribution in [0.1, 0.15) is 18.4 Å². The Hall–Kier alpha value is -0.630. The predicted octanol–water partition coefficient (Wildman–Crippen LogP) is 1.98. The number of aryl methyl sites for hydroxylation is 1. The third-order valence-corrected chi connectivity index (χ3v) is 7.69. The van der Waals surface area contributed by atoms with Gasteiger partial charge in [0, 0.05) is 24.4 Å². The van der Waals surface area contributed by atoms with Crippen molar-refractivity contribution in [3.05, 3.63) is 29.6 Å². The maximum Gasteiger partial charge on any atom is 0.243 e. The van der Waals surface area contributed by atoms with Crippen LogP contribution in [0.3, 0.4) is 0 Å². The molecule has 0 bridgehead atoms. The van der Waals surface area contributed by atoms with Crippen LogP contribution >= 0.6 is 11.8 Å². The molecule has 0 radical (unpaired) electrons. The first kappa shape index (κ1) is 16.7. The highest BCUT2D eigenvalue weighted by atomic mass is 32.2. The van der Waals surface area contributed by atoms with E-state index in [2.05, 4.69) is 0 Å². The molecule has 1 heterocycles. The molecule has 1 aliphatic heterocycles. The number of halogens is 1. The van der Waals surface area contributed by atoms with Crippen molar-refractivity contribution >= 4 is 21.8 Å². The van der Waals surface area contributed by atoms with Crippen LogP contribution in [0.15, 0.2) is 23.1 Å². The fourth-order valence-corrected chi connectivity index (χ4v) is 5.07. The first-order chi connectivity index (χ1) is 9.84. The van der Waals surface area contributed by atoms with E-state index in [0.29, 0.717) is 25.2 Å². The number of hydrogen-bond acceptors (Lipinski definition) is 4. The Bertz CT molecular complexity index is 605. The highest BCUT2D eigenvalue weighted by molar-refractivity contribution is 8.00. The maximum atomic E-state index is 13.1. The van der Waals surface area contributed by atoms with Crippen LogP contribution < -0.4 is 5.73 Å². The van der Waals surface area contributed by atoms with E-state index in [4.69, 9.17) is 5.73 Å². The molecular weight excluding hydrogens is 311 g/mol. The van der Waals surface area contributed by atoms with Gasteiger partial charge in [0.05, 0.1) is 4.90 Å². The lowest BCUT2D eigenvalue weighted by Crippen LogP contribution is -2.48. The van der Waals surface area contributed by atoms with Crippen molar-refractivity contribution in [2.45, 2.75) is 29.4 Å². The summed E-state index contributed by atoms with van der Waals surface area (Å²) in [6.45, 7) is 3.08. The van der Waals surface area contributed by atoms with Gasteiger partial charge < -0.3 is 5.73 Å². The van der Waals surface area contributed by atoms with Crippen LogP contribution in [0.25, 0.3) is 0 Å². The van der Waals surface area contributed by atoms with Crippen molar-refractivity contribution in [2.24, 2.45) is 5.73 Å². The second-order valence-corrected chi connectivity index (χ2v) is 8.59. The van der Waals surface area contributed by atoms with Crippen LogP contribution in [-0.4, -0.2) is 43.4 Å². The van der Waals surface area contributed by atoms with Gasteiger partial charge in [-0.15, -0.1) is 0 Å². The monoisotopic (exact) mass is 332 g/mol. The highest BCUT2D eigenvalue weighted by Crippen LogP contribution is 2.35. The number of piperidine rings is 1. The molecule has 1 fully saturated rings. The lowest BCUT2D eigenvalue weighted by Gasteiger charge is -2.39. The quantitative estimate of drug-likeness (QED) is 0.916. The van der Waals surface area contributed by atoms with Crippen molar-refractivity contribution in [3.8, 4) is 0 Å². The topological polar surface area (TPSA) is 63.4 Å². The van der Waals surface area contributed by atoms with E-state index >= 15 is 0 Å². The van der Waals surface area contributed by atoms with E-state index in [1.807, 2.05) is 6.26 Å². The number of sulfonamides is 1. The maximum absolute atomic E-state index is 13.1. The average Bonchev–Trinajstić information content (AvgIpc) is 2.47. The van der Waals surface area contributed by atoms with Crippen LogP contribution in [-0.2, 0) is 10.0 Å². The Kier molecular flexibility index (Phi) is 4.97. The summed E-state index contributed by atoms with van der Waals surface area (Å²) in [7, 11) is -3.56. The third-order valence-electron chi connectivity index (χ3n) is 4.19. The zero-order chi connectivity index (χ0) is 15.7. The summed E-state index contributed by atoms with van der Waals surface area (Å²) in [5, 5.41) is 0. The molecule has 0 amide bonds. The van der Waals surface area contributed by atoms with Crippen LogP contribution in [0.2, 0.25) is 0 Å². The molecule has 0 aliphatic carbocycles. The molecule has 0 saturated carbocycles. The Balaban J connectivity index is 2.22. The van der Waals surface area contributed by atoms with Gasteiger partial charge in [-0.2, -0.15) is 16.1 Å². The van der Waals surface area contributed by atoms with Gasteiger partial charge in [0.15, 0.2) is 0 Å². The van der Waals surface area contributed by atoms with Gasteiger partial charge in [0.2, 0.25) is 10.0 Å². The van der Waals surface area contributed by atoms with E-state index in [-0.39, 0.29) is 9.64 Å². The normalized spacial score (nSPS) is 19.6. The molecular formula is C14H21FN2O2S2.